The topological polar surface area (TPSA) is 78.4 Å². The van der Waals surface area contributed by atoms with Crippen molar-refractivity contribution in [1.29, 1.82) is 0 Å². The van der Waals surface area contributed by atoms with Crippen molar-refractivity contribution in [2.24, 2.45) is 0 Å². The highest BCUT2D eigenvalue weighted by molar-refractivity contribution is 6.40. The van der Waals surface area contributed by atoms with Gasteiger partial charge in [0, 0.05) is 17.3 Å². The van der Waals surface area contributed by atoms with Gasteiger partial charge in [0.2, 0.25) is 0 Å². The largest absolute Gasteiger partial charge is 0.392 e. The van der Waals surface area contributed by atoms with E-state index in [0.29, 0.717) is 16.3 Å². The van der Waals surface area contributed by atoms with Crippen molar-refractivity contribution in [3.8, 4) is 0 Å². The van der Waals surface area contributed by atoms with Crippen LogP contribution >= 0.6 is 11.6 Å². The minimum absolute atomic E-state index is 0.0286. The standard InChI is InChI=1S/C12H15ClN2O3/c1-7(16)6-14-11(17)12(18)15-10-5-3-4-9(13)8(10)2/h3-5,7,16H,6H2,1-2H3,(H,14,17)(H,15,18). The van der Waals surface area contributed by atoms with Crippen LogP contribution in [0.3, 0.4) is 0 Å². The van der Waals surface area contributed by atoms with E-state index in [-0.39, 0.29) is 6.54 Å². The van der Waals surface area contributed by atoms with Gasteiger partial charge in [-0.1, -0.05) is 17.7 Å². The fraction of sp³-hybridized carbons (Fsp3) is 0.333. The molecular weight excluding hydrogens is 256 g/mol. The second-order valence-electron chi connectivity index (χ2n) is 3.93. The summed E-state index contributed by atoms with van der Waals surface area (Å²) in [6, 6.07) is 5.03. The number of anilines is 1. The lowest BCUT2D eigenvalue weighted by Crippen LogP contribution is -2.38. The summed E-state index contributed by atoms with van der Waals surface area (Å²) >= 11 is 5.89. The monoisotopic (exact) mass is 270 g/mol. The normalized spacial score (nSPS) is 11.8. The SMILES string of the molecule is Cc1c(Cl)cccc1NC(=O)C(=O)NCC(C)O. The highest BCUT2D eigenvalue weighted by Crippen LogP contribution is 2.22. The number of benzene rings is 1. The Morgan fingerprint density at radius 2 is 2.06 bits per heavy atom. The van der Waals surface area contributed by atoms with Crippen LogP contribution in [0.5, 0.6) is 0 Å². The van der Waals surface area contributed by atoms with Crippen LogP contribution in [0, 0.1) is 6.92 Å². The first-order chi connectivity index (χ1) is 8.41. The van der Waals surface area contributed by atoms with Crippen molar-refractivity contribution in [3.63, 3.8) is 0 Å². The molecule has 0 saturated carbocycles. The summed E-state index contributed by atoms with van der Waals surface area (Å²) in [5.41, 5.74) is 1.18. The van der Waals surface area contributed by atoms with Crippen molar-refractivity contribution in [1.82, 2.24) is 5.32 Å². The molecule has 0 fully saturated rings. The van der Waals surface area contributed by atoms with Gasteiger partial charge >= 0.3 is 11.8 Å². The Morgan fingerprint density at radius 1 is 1.39 bits per heavy atom. The fourth-order valence-electron chi connectivity index (χ4n) is 1.24. The molecule has 0 aliphatic rings. The van der Waals surface area contributed by atoms with E-state index in [4.69, 9.17) is 16.7 Å². The number of nitrogens with one attached hydrogen (secondary N) is 2. The number of carbonyl (C=O) groups is 2. The molecule has 2 amide bonds. The van der Waals surface area contributed by atoms with Crippen molar-refractivity contribution in [3.05, 3.63) is 28.8 Å². The molecule has 6 heteroatoms. The molecule has 0 aromatic heterocycles. The zero-order valence-electron chi connectivity index (χ0n) is 10.2. The average Bonchev–Trinajstić information content (AvgIpc) is 2.31. The molecule has 1 atom stereocenters. The number of aliphatic hydroxyl groups is 1. The average molecular weight is 271 g/mol. The maximum absolute atomic E-state index is 11.5. The van der Waals surface area contributed by atoms with Crippen LogP contribution in [-0.4, -0.2) is 29.6 Å². The van der Waals surface area contributed by atoms with Gasteiger partial charge in [-0.25, -0.2) is 0 Å². The van der Waals surface area contributed by atoms with Gasteiger partial charge in [-0.3, -0.25) is 9.59 Å². The predicted molar refractivity (Wildman–Crippen MR) is 69.5 cm³/mol. The lowest BCUT2D eigenvalue weighted by Gasteiger charge is -2.10. The number of amides is 2. The number of hydrogen-bond donors (Lipinski definition) is 3. The smallest absolute Gasteiger partial charge is 0.313 e. The lowest BCUT2D eigenvalue weighted by atomic mass is 10.2. The number of halogens is 1. The van der Waals surface area contributed by atoms with Crippen molar-refractivity contribution in [2.45, 2.75) is 20.0 Å². The van der Waals surface area contributed by atoms with Gasteiger partial charge in [-0.2, -0.15) is 0 Å². The molecule has 18 heavy (non-hydrogen) atoms. The van der Waals surface area contributed by atoms with Crippen LogP contribution in [0.4, 0.5) is 5.69 Å². The Morgan fingerprint density at radius 3 is 2.67 bits per heavy atom. The summed E-state index contributed by atoms with van der Waals surface area (Å²) in [6.07, 6.45) is -0.699. The van der Waals surface area contributed by atoms with Crippen LogP contribution in [-0.2, 0) is 9.59 Å². The van der Waals surface area contributed by atoms with E-state index >= 15 is 0 Å². The van der Waals surface area contributed by atoms with Gasteiger partial charge in [0.1, 0.15) is 0 Å². The third kappa shape index (κ3) is 4.01. The summed E-state index contributed by atoms with van der Waals surface area (Å²) in [6.45, 7) is 3.28. The fourth-order valence-corrected chi connectivity index (χ4v) is 1.42. The van der Waals surface area contributed by atoms with Gasteiger partial charge in [-0.05, 0) is 31.5 Å². The number of aliphatic hydroxyl groups excluding tert-OH is 1. The molecule has 0 aliphatic carbocycles. The van der Waals surface area contributed by atoms with Crippen LogP contribution in [0.1, 0.15) is 12.5 Å². The van der Waals surface area contributed by atoms with E-state index in [1.165, 1.54) is 6.92 Å². The quantitative estimate of drug-likeness (QED) is 0.720. The zero-order valence-corrected chi connectivity index (χ0v) is 10.9. The van der Waals surface area contributed by atoms with E-state index in [1.54, 1.807) is 25.1 Å². The summed E-state index contributed by atoms with van der Waals surface area (Å²) in [5, 5.41) is 14.3. The molecule has 0 aliphatic heterocycles. The molecule has 1 unspecified atom stereocenters. The molecule has 98 valence electrons. The first-order valence-electron chi connectivity index (χ1n) is 5.44. The molecule has 0 spiro atoms. The zero-order chi connectivity index (χ0) is 13.7. The molecule has 0 saturated heterocycles. The molecule has 0 radical (unpaired) electrons. The van der Waals surface area contributed by atoms with Gasteiger partial charge in [-0.15, -0.1) is 0 Å². The molecule has 0 bridgehead atoms. The van der Waals surface area contributed by atoms with Crippen LogP contribution in [0.25, 0.3) is 0 Å². The van der Waals surface area contributed by atoms with Crippen molar-refractivity contribution in [2.75, 3.05) is 11.9 Å². The van der Waals surface area contributed by atoms with Crippen molar-refractivity contribution < 1.29 is 14.7 Å². The van der Waals surface area contributed by atoms with E-state index in [2.05, 4.69) is 10.6 Å². The summed E-state index contributed by atoms with van der Waals surface area (Å²) < 4.78 is 0. The van der Waals surface area contributed by atoms with Crippen LogP contribution < -0.4 is 10.6 Å². The summed E-state index contributed by atoms with van der Waals surface area (Å²) in [7, 11) is 0. The number of rotatable bonds is 3. The van der Waals surface area contributed by atoms with Gasteiger partial charge in [0.15, 0.2) is 0 Å². The number of carbonyl (C=O) groups excluding carboxylic acids is 2. The van der Waals surface area contributed by atoms with E-state index in [1.807, 2.05) is 0 Å². The second kappa shape index (κ2) is 6.37. The lowest BCUT2D eigenvalue weighted by molar-refractivity contribution is -0.136. The van der Waals surface area contributed by atoms with Gasteiger partial charge in [0.05, 0.1) is 6.10 Å². The molecule has 1 aromatic rings. The molecule has 1 rings (SSSR count). The van der Waals surface area contributed by atoms with E-state index in [0.717, 1.165) is 0 Å². The maximum atomic E-state index is 11.5. The number of hydrogen-bond acceptors (Lipinski definition) is 3. The second-order valence-corrected chi connectivity index (χ2v) is 4.33. The third-order valence-corrected chi connectivity index (χ3v) is 2.69. The molecular formula is C12H15ClN2O3. The van der Waals surface area contributed by atoms with Crippen LogP contribution in [0.2, 0.25) is 5.02 Å². The highest BCUT2D eigenvalue weighted by Gasteiger charge is 2.15. The summed E-state index contributed by atoms with van der Waals surface area (Å²) in [4.78, 5) is 22.9. The predicted octanol–water partition coefficient (Wildman–Crippen LogP) is 1.08. The summed E-state index contributed by atoms with van der Waals surface area (Å²) in [5.74, 6) is -1.59. The molecule has 0 heterocycles. The Kier molecular flexibility index (Phi) is 5.12. The van der Waals surface area contributed by atoms with E-state index in [9.17, 15) is 9.59 Å². The van der Waals surface area contributed by atoms with Crippen molar-refractivity contribution >= 4 is 29.1 Å². The molecule has 1 aromatic carbocycles. The van der Waals surface area contributed by atoms with Gasteiger partial charge < -0.3 is 15.7 Å². The molecule has 5 nitrogen and oxygen atoms in total. The molecule has 3 N–H and O–H groups in total. The highest BCUT2D eigenvalue weighted by atomic mass is 35.5. The minimum Gasteiger partial charge on any atom is -0.392 e. The van der Waals surface area contributed by atoms with E-state index < -0.39 is 17.9 Å². The minimum atomic E-state index is -0.796. The first-order valence-corrected chi connectivity index (χ1v) is 5.82. The first kappa shape index (κ1) is 14.5. The Balaban J connectivity index is 2.64. The Bertz CT molecular complexity index is 461. The Labute approximate surface area is 110 Å². The Hall–Kier alpha value is -1.59. The van der Waals surface area contributed by atoms with Gasteiger partial charge in [0.25, 0.3) is 0 Å². The maximum Gasteiger partial charge on any atom is 0.313 e. The van der Waals surface area contributed by atoms with Crippen LogP contribution in [0.15, 0.2) is 18.2 Å². The third-order valence-electron chi connectivity index (χ3n) is 2.28.